The van der Waals surface area contributed by atoms with Crippen molar-refractivity contribution in [2.75, 3.05) is 7.11 Å². The van der Waals surface area contributed by atoms with Gasteiger partial charge in [0.1, 0.15) is 5.69 Å². The van der Waals surface area contributed by atoms with E-state index in [0.717, 1.165) is 12.5 Å². The Labute approximate surface area is 129 Å². The third-order valence-corrected chi connectivity index (χ3v) is 4.38. The molecule has 1 aromatic heterocycles. The van der Waals surface area contributed by atoms with Gasteiger partial charge in [0.25, 0.3) is 6.04 Å². The molecule has 0 saturated heterocycles. The zero-order valence-electron chi connectivity index (χ0n) is 12.1. The van der Waals surface area contributed by atoms with Crippen LogP contribution < -0.4 is 0 Å². The molecular weight excluding hydrogens is 306 g/mol. The predicted octanol–water partition coefficient (Wildman–Crippen LogP) is 1.40. The number of methoxy groups -OCH3 is 1. The van der Waals surface area contributed by atoms with Crippen molar-refractivity contribution in [1.29, 1.82) is 0 Å². The van der Waals surface area contributed by atoms with E-state index in [0.29, 0.717) is 11.1 Å². The fraction of sp³-hybridized carbons (Fsp3) is 0.357. The summed E-state index contributed by atoms with van der Waals surface area (Å²) >= 11 is 0. The van der Waals surface area contributed by atoms with E-state index < -0.39 is 27.4 Å². The molecule has 120 valence electrons. The lowest BCUT2D eigenvalue weighted by atomic mass is 9.76. The fourth-order valence-electron chi connectivity index (χ4n) is 3.38. The lowest BCUT2D eigenvalue weighted by molar-refractivity contribution is -0.651. The monoisotopic (exact) mass is 319 g/mol. The van der Waals surface area contributed by atoms with E-state index in [-0.39, 0.29) is 18.5 Å². The van der Waals surface area contributed by atoms with Crippen LogP contribution in [0.15, 0.2) is 24.3 Å². The SMILES string of the molecule is COC(=O)C1([N+](=O)[O-])c2[nH]c3ccccc3c2CCC1[N+](=O)[O-]. The lowest BCUT2D eigenvalue weighted by Crippen LogP contribution is -2.58. The van der Waals surface area contributed by atoms with Crippen LogP contribution in [0.2, 0.25) is 0 Å². The Morgan fingerprint density at radius 1 is 1.35 bits per heavy atom. The molecule has 1 aliphatic carbocycles. The number of aromatic amines is 1. The second kappa shape index (κ2) is 5.04. The molecule has 3 rings (SSSR count). The number of carbonyl (C=O) groups excluding carboxylic acids is 1. The van der Waals surface area contributed by atoms with Crippen LogP contribution in [-0.4, -0.2) is 34.0 Å². The summed E-state index contributed by atoms with van der Waals surface area (Å²) in [6, 6.07) is 5.28. The lowest BCUT2D eigenvalue weighted by Gasteiger charge is -2.29. The minimum absolute atomic E-state index is 0.0523. The number of hydrogen-bond acceptors (Lipinski definition) is 6. The van der Waals surface area contributed by atoms with Gasteiger partial charge in [0, 0.05) is 22.2 Å². The quantitative estimate of drug-likeness (QED) is 0.517. The van der Waals surface area contributed by atoms with Gasteiger partial charge < -0.3 is 9.72 Å². The molecule has 0 bridgehead atoms. The van der Waals surface area contributed by atoms with E-state index in [2.05, 4.69) is 9.72 Å². The molecule has 1 N–H and O–H groups in total. The van der Waals surface area contributed by atoms with E-state index in [4.69, 9.17) is 0 Å². The number of aryl methyl sites for hydroxylation is 1. The molecule has 1 heterocycles. The summed E-state index contributed by atoms with van der Waals surface area (Å²) in [5.74, 6) is -1.24. The van der Waals surface area contributed by atoms with Gasteiger partial charge in [-0.25, -0.2) is 4.79 Å². The number of esters is 1. The second-order valence-corrected chi connectivity index (χ2v) is 5.38. The third-order valence-electron chi connectivity index (χ3n) is 4.38. The summed E-state index contributed by atoms with van der Waals surface area (Å²) in [4.78, 5) is 36.7. The smallest absolute Gasteiger partial charge is 0.420 e. The normalized spacial score (nSPS) is 23.3. The molecule has 9 heteroatoms. The molecule has 2 unspecified atom stereocenters. The number of aromatic nitrogens is 1. The highest BCUT2D eigenvalue weighted by Gasteiger charge is 2.70. The van der Waals surface area contributed by atoms with Crippen molar-refractivity contribution in [2.24, 2.45) is 0 Å². The molecule has 1 aromatic carbocycles. The maximum atomic E-state index is 12.3. The maximum Gasteiger partial charge on any atom is 0.420 e. The van der Waals surface area contributed by atoms with E-state index in [9.17, 15) is 25.0 Å². The number of ether oxygens (including phenoxy) is 1. The van der Waals surface area contributed by atoms with E-state index in [1.54, 1.807) is 24.3 Å². The number of benzene rings is 1. The minimum Gasteiger partial charge on any atom is -0.463 e. The summed E-state index contributed by atoms with van der Waals surface area (Å²) in [5, 5.41) is 23.9. The van der Waals surface area contributed by atoms with Gasteiger partial charge in [-0.05, 0) is 18.1 Å². The summed E-state index contributed by atoms with van der Waals surface area (Å²) in [6.45, 7) is 0. The Bertz CT molecular complexity index is 829. The number of hydrogen-bond donors (Lipinski definition) is 1. The first-order valence-electron chi connectivity index (χ1n) is 6.91. The van der Waals surface area contributed by atoms with Crippen LogP contribution in [0.25, 0.3) is 10.9 Å². The van der Waals surface area contributed by atoms with Crippen LogP contribution in [0.3, 0.4) is 0 Å². The van der Waals surface area contributed by atoms with Crippen LogP contribution >= 0.6 is 0 Å². The second-order valence-electron chi connectivity index (χ2n) is 5.38. The van der Waals surface area contributed by atoms with Gasteiger partial charge in [-0.1, -0.05) is 18.2 Å². The Balaban J connectivity index is 2.39. The van der Waals surface area contributed by atoms with Crippen LogP contribution in [0, 0.1) is 20.2 Å². The number of fused-ring (bicyclic) bond motifs is 3. The Kier molecular flexibility index (Phi) is 3.28. The number of rotatable bonds is 3. The highest BCUT2D eigenvalue weighted by molar-refractivity contribution is 5.90. The molecule has 23 heavy (non-hydrogen) atoms. The Hall–Kier alpha value is -2.97. The molecular formula is C14H13N3O6. The number of nitrogens with zero attached hydrogens (tertiary/aromatic N) is 2. The van der Waals surface area contributed by atoms with Crippen molar-refractivity contribution in [3.8, 4) is 0 Å². The van der Waals surface area contributed by atoms with Crippen LogP contribution in [0.1, 0.15) is 17.7 Å². The van der Waals surface area contributed by atoms with Gasteiger partial charge in [0.05, 0.1) is 12.0 Å². The van der Waals surface area contributed by atoms with Gasteiger partial charge in [0.2, 0.25) is 0 Å². The molecule has 2 atom stereocenters. The molecule has 0 amide bonds. The molecule has 0 fully saturated rings. The topological polar surface area (TPSA) is 128 Å². The zero-order valence-corrected chi connectivity index (χ0v) is 12.1. The molecule has 0 radical (unpaired) electrons. The minimum atomic E-state index is -2.56. The molecule has 0 saturated carbocycles. The van der Waals surface area contributed by atoms with Gasteiger partial charge in [-0.2, -0.15) is 0 Å². The number of H-pyrrole nitrogens is 1. The van der Waals surface area contributed by atoms with Gasteiger partial charge in [-0.3, -0.25) is 20.2 Å². The average molecular weight is 319 g/mol. The fourth-order valence-corrected chi connectivity index (χ4v) is 3.38. The van der Waals surface area contributed by atoms with Crippen LogP contribution in [0.4, 0.5) is 0 Å². The third kappa shape index (κ3) is 1.82. The summed E-state index contributed by atoms with van der Waals surface area (Å²) in [6.07, 6.45) is 0.162. The highest BCUT2D eigenvalue weighted by Crippen LogP contribution is 2.43. The number of para-hydroxylation sites is 1. The van der Waals surface area contributed by atoms with E-state index >= 15 is 0 Å². The molecule has 1 aliphatic rings. The standard InChI is InChI=1S/C14H13N3O6/c1-23-13(18)14(17(21)22)11(16(19)20)7-6-9-8-4-2-3-5-10(8)15-12(9)14/h2-5,11,15H,6-7H2,1H3. The Morgan fingerprint density at radius 2 is 2.04 bits per heavy atom. The summed E-state index contributed by atoms with van der Waals surface area (Å²) in [7, 11) is 0.988. The Morgan fingerprint density at radius 3 is 2.65 bits per heavy atom. The summed E-state index contributed by atoms with van der Waals surface area (Å²) in [5.41, 5.74) is -1.47. The number of nitro groups is 2. The van der Waals surface area contributed by atoms with Crippen molar-refractivity contribution in [3.05, 3.63) is 55.8 Å². The van der Waals surface area contributed by atoms with Gasteiger partial charge in [-0.15, -0.1) is 0 Å². The molecule has 0 spiro atoms. The first-order chi connectivity index (χ1) is 10.9. The van der Waals surface area contributed by atoms with Crippen molar-refractivity contribution < 1.29 is 19.4 Å². The van der Waals surface area contributed by atoms with Gasteiger partial charge in [0.15, 0.2) is 0 Å². The van der Waals surface area contributed by atoms with E-state index in [1.807, 2.05) is 0 Å². The largest absolute Gasteiger partial charge is 0.463 e. The van der Waals surface area contributed by atoms with Crippen LogP contribution in [-0.2, 0) is 21.5 Å². The van der Waals surface area contributed by atoms with Crippen LogP contribution in [0.5, 0.6) is 0 Å². The zero-order chi connectivity index (χ0) is 16.8. The number of nitrogens with one attached hydrogen (secondary N) is 1. The maximum absolute atomic E-state index is 12.3. The first kappa shape index (κ1) is 14.9. The first-order valence-corrected chi connectivity index (χ1v) is 6.91. The molecule has 9 nitrogen and oxygen atoms in total. The van der Waals surface area contributed by atoms with Crippen molar-refractivity contribution in [1.82, 2.24) is 4.98 Å². The van der Waals surface area contributed by atoms with Gasteiger partial charge >= 0.3 is 11.5 Å². The van der Waals surface area contributed by atoms with Crippen molar-refractivity contribution in [2.45, 2.75) is 24.4 Å². The summed E-state index contributed by atoms with van der Waals surface area (Å²) < 4.78 is 4.58. The van der Waals surface area contributed by atoms with Crippen molar-refractivity contribution >= 4 is 16.9 Å². The number of carbonyl (C=O) groups is 1. The molecule has 0 aliphatic heterocycles. The van der Waals surface area contributed by atoms with E-state index in [1.165, 1.54) is 0 Å². The predicted molar refractivity (Wildman–Crippen MR) is 78.1 cm³/mol. The highest BCUT2D eigenvalue weighted by atomic mass is 16.7. The average Bonchev–Trinajstić information content (AvgIpc) is 2.91. The molecule has 2 aromatic rings. The van der Waals surface area contributed by atoms with Crippen molar-refractivity contribution in [3.63, 3.8) is 0 Å².